The molecule has 2 nitrogen and oxygen atoms in total. The lowest BCUT2D eigenvalue weighted by molar-refractivity contribution is 0.297. The second kappa shape index (κ2) is 6.43. The van der Waals surface area contributed by atoms with Gasteiger partial charge in [0.25, 0.3) is 0 Å². The Balaban J connectivity index is 2.00. The highest BCUT2D eigenvalue weighted by Gasteiger charge is 2.08. The van der Waals surface area contributed by atoms with Gasteiger partial charge in [-0.05, 0) is 23.8 Å². The average Bonchev–Trinajstić information content (AvgIpc) is 2.41. The lowest BCUT2D eigenvalue weighted by Gasteiger charge is -2.08. The Labute approximate surface area is 121 Å². The SMILES string of the molecule is NC(=S)Cc1ccc(OCc2cccc(F)c2F)cc1. The molecule has 2 aromatic rings. The van der Waals surface area contributed by atoms with Gasteiger partial charge in [0, 0.05) is 12.0 Å². The van der Waals surface area contributed by atoms with E-state index in [4.69, 9.17) is 22.7 Å². The van der Waals surface area contributed by atoms with Crippen LogP contribution >= 0.6 is 12.2 Å². The molecule has 5 heteroatoms. The van der Waals surface area contributed by atoms with Crippen molar-refractivity contribution >= 4 is 17.2 Å². The minimum atomic E-state index is -0.877. The smallest absolute Gasteiger partial charge is 0.165 e. The number of nitrogens with two attached hydrogens (primary N) is 1. The summed E-state index contributed by atoms with van der Waals surface area (Å²) in [5.74, 6) is -1.18. The van der Waals surface area contributed by atoms with Crippen LogP contribution in [0.5, 0.6) is 5.75 Å². The Morgan fingerprint density at radius 1 is 1.10 bits per heavy atom. The summed E-state index contributed by atoms with van der Waals surface area (Å²) in [6.07, 6.45) is 0.522. The summed E-state index contributed by atoms with van der Waals surface area (Å²) in [5, 5.41) is 0. The zero-order valence-electron chi connectivity index (χ0n) is 10.6. The van der Waals surface area contributed by atoms with Crippen molar-refractivity contribution < 1.29 is 13.5 Å². The summed E-state index contributed by atoms with van der Waals surface area (Å²) in [6.45, 7) is -0.0295. The van der Waals surface area contributed by atoms with Crippen molar-refractivity contribution in [1.29, 1.82) is 0 Å². The molecule has 20 heavy (non-hydrogen) atoms. The molecule has 2 N–H and O–H groups in total. The van der Waals surface area contributed by atoms with Gasteiger partial charge in [-0.3, -0.25) is 0 Å². The van der Waals surface area contributed by atoms with Gasteiger partial charge in [0.15, 0.2) is 11.6 Å². The molecule has 0 atom stereocenters. The van der Waals surface area contributed by atoms with Gasteiger partial charge in [-0.1, -0.05) is 36.5 Å². The van der Waals surface area contributed by atoms with Crippen molar-refractivity contribution in [3.63, 3.8) is 0 Å². The van der Waals surface area contributed by atoms with Crippen LogP contribution in [0.25, 0.3) is 0 Å². The van der Waals surface area contributed by atoms with E-state index in [1.165, 1.54) is 12.1 Å². The van der Waals surface area contributed by atoms with E-state index < -0.39 is 11.6 Å². The van der Waals surface area contributed by atoms with Crippen LogP contribution in [0.4, 0.5) is 8.78 Å². The van der Waals surface area contributed by atoms with Gasteiger partial charge in [0.2, 0.25) is 0 Å². The van der Waals surface area contributed by atoms with Gasteiger partial charge in [0.1, 0.15) is 12.4 Å². The molecule has 0 unspecified atom stereocenters. The van der Waals surface area contributed by atoms with Crippen molar-refractivity contribution in [2.75, 3.05) is 0 Å². The molecule has 0 aliphatic heterocycles. The van der Waals surface area contributed by atoms with E-state index >= 15 is 0 Å². The molecule has 0 bridgehead atoms. The average molecular weight is 293 g/mol. The normalized spacial score (nSPS) is 10.3. The lowest BCUT2D eigenvalue weighted by Crippen LogP contribution is -2.10. The topological polar surface area (TPSA) is 35.2 Å². The number of halogens is 2. The van der Waals surface area contributed by atoms with E-state index in [1.807, 2.05) is 12.1 Å². The molecule has 0 aliphatic rings. The van der Waals surface area contributed by atoms with Gasteiger partial charge in [0.05, 0.1) is 4.99 Å². The molecule has 0 fully saturated rings. The van der Waals surface area contributed by atoms with Crippen LogP contribution in [0.2, 0.25) is 0 Å². The Morgan fingerprint density at radius 3 is 2.45 bits per heavy atom. The molecular weight excluding hydrogens is 280 g/mol. The maximum absolute atomic E-state index is 13.4. The number of benzene rings is 2. The van der Waals surface area contributed by atoms with E-state index in [-0.39, 0.29) is 12.2 Å². The highest BCUT2D eigenvalue weighted by atomic mass is 32.1. The summed E-state index contributed by atoms with van der Waals surface area (Å²) in [7, 11) is 0. The molecule has 0 amide bonds. The number of hydrogen-bond donors (Lipinski definition) is 1. The second-order valence-electron chi connectivity index (χ2n) is 4.29. The summed E-state index contributed by atoms with van der Waals surface area (Å²) in [4.78, 5) is 0.417. The first-order valence-electron chi connectivity index (χ1n) is 5.99. The van der Waals surface area contributed by atoms with E-state index in [1.54, 1.807) is 12.1 Å². The van der Waals surface area contributed by atoms with Gasteiger partial charge < -0.3 is 10.5 Å². The predicted molar refractivity (Wildman–Crippen MR) is 77.6 cm³/mol. The molecule has 2 aromatic carbocycles. The van der Waals surface area contributed by atoms with Crippen molar-refractivity contribution in [1.82, 2.24) is 0 Å². The van der Waals surface area contributed by atoms with Gasteiger partial charge in [-0.25, -0.2) is 8.78 Å². The van der Waals surface area contributed by atoms with E-state index in [0.29, 0.717) is 17.2 Å². The van der Waals surface area contributed by atoms with Crippen LogP contribution in [-0.2, 0) is 13.0 Å². The minimum absolute atomic E-state index is 0.0295. The monoisotopic (exact) mass is 293 g/mol. The molecule has 2 rings (SSSR count). The number of ether oxygens (including phenoxy) is 1. The minimum Gasteiger partial charge on any atom is -0.489 e. The molecule has 0 aliphatic carbocycles. The Hall–Kier alpha value is -2.01. The Kier molecular flexibility index (Phi) is 4.63. The Morgan fingerprint density at radius 2 is 1.80 bits per heavy atom. The van der Waals surface area contributed by atoms with Gasteiger partial charge in [-0.15, -0.1) is 0 Å². The summed E-state index contributed by atoms with van der Waals surface area (Å²) >= 11 is 4.82. The quantitative estimate of drug-likeness (QED) is 0.858. The first kappa shape index (κ1) is 14.4. The fraction of sp³-hybridized carbons (Fsp3) is 0.133. The maximum atomic E-state index is 13.4. The Bertz CT molecular complexity index is 614. The molecule has 0 spiro atoms. The standard InChI is InChI=1S/C15H13F2NOS/c16-13-3-1-2-11(15(13)17)9-19-12-6-4-10(5-7-12)8-14(18)20/h1-7H,8-9H2,(H2,18,20). The number of rotatable bonds is 5. The third kappa shape index (κ3) is 3.74. The summed E-state index contributed by atoms with van der Waals surface area (Å²) < 4.78 is 31.9. The van der Waals surface area contributed by atoms with Crippen LogP contribution < -0.4 is 10.5 Å². The first-order valence-corrected chi connectivity index (χ1v) is 6.40. The van der Waals surface area contributed by atoms with E-state index in [2.05, 4.69) is 0 Å². The zero-order valence-corrected chi connectivity index (χ0v) is 11.4. The number of hydrogen-bond acceptors (Lipinski definition) is 2. The van der Waals surface area contributed by atoms with Crippen LogP contribution in [-0.4, -0.2) is 4.99 Å². The first-order chi connectivity index (χ1) is 9.56. The molecule has 104 valence electrons. The molecule has 0 aromatic heterocycles. The lowest BCUT2D eigenvalue weighted by atomic mass is 10.1. The van der Waals surface area contributed by atoms with E-state index in [9.17, 15) is 8.78 Å². The van der Waals surface area contributed by atoms with Gasteiger partial charge in [-0.2, -0.15) is 0 Å². The fourth-order valence-corrected chi connectivity index (χ4v) is 1.89. The van der Waals surface area contributed by atoms with Crippen LogP contribution in [0.15, 0.2) is 42.5 Å². The van der Waals surface area contributed by atoms with Crippen molar-refractivity contribution in [3.05, 3.63) is 65.2 Å². The summed E-state index contributed by atoms with van der Waals surface area (Å²) in [5.41, 5.74) is 6.60. The van der Waals surface area contributed by atoms with Crippen molar-refractivity contribution in [3.8, 4) is 5.75 Å². The highest BCUT2D eigenvalue weighted by Crippen LogP contribution is 2.17. The third-order valence-corrected chi connectivity index (χ3v) is 2.87. The maximum Gasteiger partial charge on any atom is 0.165 e. The van der Waals surface area contributed by atoms with Crippen molar-refractivity contribution in [2.45, 2.75) is 13.0 Å². The zero-order chi connectivity index (χ0) is 14.5. The van der Waals surface area contributed by atoms with Gasteiger partial charge >= 0.3 is 0 Å². The molecule has 0 saturated heterocycles. The summed E-state index contributed by atoms with van der Waals surface area (Å²) in [6, 6.07) is 11.1. The van der Waals surface area contributed by atoms with E-state index in [0.717, 1.165) is 11.6 Å². The largest absolute Gasteiger partial charge is 0.489 e. The molecular formula is C15H13F2NOS. The molecule has 0 radical (unpaired) electrons. The fourth-order valence-electron chi connectivity index (χ4n) is 1.73. The predicted octanol–water partition coefficient (Wildman–Crippen LogP) is 3.37. The molecule has 0 heterocycles. The number of thiocarbonyl (C=S) groups is 1. The highest BCUT2D eigenvalue weighted by molar-refractivity contribution is 7.80. The van der Waals surface area contributed by atoms with Crippen LogP contribution in [0.1, 0.15) is 11.1 Å². The second-order valence-corrected chi connectivity index (χ2v) is 4.81. The third-order valence-electron chi connectivity index (χ3n) is 2.73. The van der Waals surface area contributed by atoms with Crippen LogP contribution in [0, 0.1) is 11.6 Å². The van der Waals surface area contributed by atoms with Crippen LogP contribution in [0.3, 0.4) is 0 Å². The van der Waals surface area contributed by atoms with Crippen molar-refractivity contribution in [2.24, 2.45) is 5.73 Å². The molecule has 0 saturated carbocycles.